The number of ether oxygens (including phenoxy) is 3. The highest BCUT2D eigenvalue weighted by Crippen LogP contribution is 2.23. The Morgan fingerprint density at radius 3 is 2.94 bits per heavy atom. The molecule has 1 amide bonds. The summed E-state index contributed by atoms with van der Waals surface area (Å²) in [6, 6.07) is 7.01. The SMILES string of the molecule is CCOC(=O)OC1=Cc2ccccc2NC(=O)O1. The molecule has 0 saturated carbocycles. The van der Waals surface area contributed by atoms with Crippen LogP contribution in [0, 0.1) is 0 Å². The van der Waals surface area contributed by atoms with Crippen LogP contribution in [-0.4, -0.2) is 18.9 Å². The second kappa shape index (κ2) is 5.22. The number of para-hydroxylation sites is 1. The van der Waals surface area contributed by atoms with E-state index in [1.807, 2.05) is 0 Å². The van der Waals surface area contributed by atoms with Crippen molar-refractivity contribution in [2.45, 2.75) is 6.92 Å². The van der Waals surface area contributed by atoms with Crippen molar-refractivity contribution in [3.63, 3.8) is 0 Å². The first-order valence-corrected chi connectivity index (χ1v) is 5.33. The van der Waals surface area contributed by atoms with Crippen LogP contribution in [0.15, 0.2) is 30.2 Å². The predicted molar refractivity (Wildman–Crippen MR) is 62.6 cm³/mol. The minimum absolute atomic E-state index is 0.175. The average molecular weight is 249 g/mol. The third-order valence-electron chi connectivity index (χ3n) is 2.11. The monoisotopic (exact) mass is 249 g/mol. The lowest BCUT2D eigenvalue weighted by Gasteiger charge is -2.06. The molecule has 1 aromatic carbocycles. The quantitative estimate of drug-likeness (QED) is 0.815. The second-order valence-corrected chi connectivity index (χ2v) is 3.35. The summed E-state index contributed by atoms with van der Waals surface area (Å²) in [5.74, 6) is -0.226. The summed E-state index contributed by atoms with van der Waals surface area (Å²) in [6.45, 7) is 1.82. The van der Waals surface area contributed by atoms with Crippen LogP contribution in [-0.2, 0) is 14.2 Å². The van der Waals surface area contributed by atoms with Gasteiger partial charge in [0.15, 0.2) is 0 Å². The summed E-state index contributed by atoms with van der Waals surface area (Å²) in [7, 11) is 0. The van der Waals surface area contributed by atoms with Crippen molar-refractivity contribution in [1.29, 1.82) is 0 Å². The number of benzene rings is 1. The maximum absolute atomic E-state index is 11.4. The fraction of sp³-hybridized carbons (Fsp3) is 0.167. The summed E-state index contributed by atoms with van der Waals surface area (Å²) in [5, 5.41) is 2.51. The first-order chi connectivity index (χ1) is 8.69. The molecule has 0 bridgehead atoms. The summed E-state index contributed by atoms with van der Waals surface area (Å²) >= 11 is 0. The third-order valence-corrected chi connectivity index (χ3v) is 2.11. The van der Waals surface area contributed by atoms with Gasteiger partial charge in [0, 0.05) is 11.6 Å². The standard InChI is InChI=1S/C12H11NO5/c1-2-16-12(15)18-10-7-8-5-3-4-6-9(8)13-11(14)17-10/h3-7H,2H2,1H3,(H,13,14). The van der Waals surface area contributed by atoms with Crippen molar-refractivity contribution in [3.05, 3.63) is 35.8 Å². The Labute approximate surface area is 103 Å². The number of rotatable bonds is 2. The van der Waals surface area contributed by atoms with E-state index in [4.69, 9.17) is 9.47 Å². The molecule has 6 heteroatoms. The van der Waals surface area contributed by atoms with Crippen LogP contribution in [0.25, 0.3) is 6.08 Å². The molecule has 1 N–H and O–H groups in total. The van der Waals surface area contributed by atoms with Gasteiger partial charge in [0.25, 0.3) is 5.95 Å². The molecule has 0 radical (unpaired) electrons. The molecular formula is C12H11NO5. The van der Waals surface area contributed by atoms with Crippen LogP contribution in [0.3, 0.4) is 0 Å². The van der Waals surface area contributed by atoms with E-state index in [1.54, 1.807) is 31.2 Å². The average Bonchev–Trinajstić information content (AvgIpc) is 2.46. The molecule has 6 nitrogen and oxygen atoms in total. The summed E-state index contributed by atoms with van der Waals surface area (Å²) in [5.41, 5.74) is 1.24. The van der Waals surface area contributed by atoms with Gasteiger partial charge >= 0.3 is 12.2 Å². The Morgan fingerprint density at radius 1 is 1.39 bits per heavy atom. The Balaban J connectivity index is 2.23. The second-order valence-electron chi connectivity index (χ2n) is 3.35. The molecular weight excluding hydrogens is 238 g/mol. The van der Waals surface area contributed by atoms with Gasteiger partial charge in [-0.1, -0.05) is 18.2 Å². The van der Waals surface area contributed by atoms with E-state index in [1.165, 1.54) is 6.08 Å². The third kappa shape index (κ3) is 2.79. The number of cyclic esters (lactones) is 1. The van der Waals surface area contributed by atoms with Crippen molar-refractivity contribution >= 4 is 24.0 Å². The largest absolute Gasteiger partial charge is 0.516 e. The molecule has 1 aliphatic heterocycles. The van der Waals surface area contributed by atoms with E-state index < -0.39 is 12.2 Å². The van der Waals surface area contributed by atoms with Gasteiger partial charge in [-0.25, -0.2) is 9.59 Å². The molecule has 0 atom stereocenters. The van der Waals surface area contributed by atoms with Crippen LogP contribution in [0.4, 0.5) is 15.3 Å². The topological polar surface area (TPSA) is 73.9 Å². The minimum Gasteiger partial charge on any atom is -0.434 e. The van der Waals surface area contributed by atoms with Crippen LogP contribution in [0.5, 0.6) is 0 Å². The first kappa shape index (κ1) is 12.0. The Hall–Kier alpha value is -2.50. The molecule has 18 heavy (non-hydrogen) atoms. The molecule has 0 saturated heterocycles. The van der Waals surface area contributed by atoms with Gasteiger partial charge in [-0.05, 0) is 13.0 Å². The van der Waals surface area contributed by atoms with E-state index in [0.717, 1.165) is 0 Å². The number of hydrogen-bond donors (Lipinski definition) is 1. The zero-order valence-corrected chi connectivity index (χ0v) is 9.64. The fourth-order valence-corrected chi connectivity index (χ4v) is 1.40. The van der Waals surface area contributed by atoms with Crippen molar-refractivity contribution in [2.24, 2.45) is 0 Å². The van der Waals surface area contributed by atoms with Gasteiger partial charge in [-0.2, -0.15) is 0 Å². The number of nitrogens with one attached hydrogen (secondary N) is 1. The van der Waals surface area contributed by atoms with Gasteiger partial charge in [0.2, 0.25) is 0 Å². The molecule has 94 valence electrons. The van der Waals surface area contributed by atoms with Crippen molar-refractivity contribution in [3.8, 4) is 0 Å². The lowest BCUT2D eigenvalue weighted by Crippen LogP contribution is -2.15. The molecule has 1 aromatic rings. The maximum atomic E-state index is 11.4. The molecule has 0 spiro atoms. The van der Waals surface area contributed by atoms with Gasteiger partial charge in [0.1, 0.15) is 0 Å². The van der Waals surface area contributed by atoms with Crippen molar-refractivity contribution in [1.82, 2.24) is 0 Å². The number of anilines is 1. The van der Waals surface area contributed by atoms with E-state index in [9.17, 15) is 9.59 Å². The number of hydrogen-bond acceptors (Lipinski definition) is 5. The van der Waals surface area contributed by atoms with Crippen LogP contribution >= 0.6 is 0 Å². The molecule has 0 fully saturated rings. The van der Waals surface area contributed by atoms with Gasteiger partial charge in [0.05, 0.1) is 12.3 Å². The lowest BCUT2D eigenvalue weighted by molar-refractivity contribution is 0.0451. The Morgan fingerprint density at radius 2 is 2.17 bits per heavy atom. The number of carbonyl (C=O) groups excluding carboxylic acids is 2. The molecule has 0 aromatic heterocycles. The normalized spacial score (nSPS) is 13.4. The van der Waals surface area contributed by atoms with Crippen LogP contribution in [0.1, 0.15) is 12.5 Å². The summed E-state index contributed by atoms with van der Waals surface area (Å²) < 4.78 is 14.1. The minimum atomic E-state index is -0.920. The highest BCUT2D eigenvalue weighted by atomic mass is 16.8. The maximum Gasteiger partial charge on any atom is 0.516 e. The number of carbonyl (C=O) groups is 2. The molecule has 2 rings (SSSR count). The number of fused-ring (bicyclic) bond motifs is 1. The van der Waals surface area contributed by atoms with Crippen LogP contribution < -0.4 is 5.32 Å². The summed E-state index contributed by atoms with van der Waals surface area (Å²) in [6.07, 6.45) is -0.212. The smallest absolute Gasteiger partial charge is 0.434 e. The molecule has 1 heterocycles. The highest BCUT2D eigenvalue weighted by Gasteiger charge is 2.18. The zero-order valence-electron chi connectivity index (χ0n) is 9.64. The highest BCUT2D eigenvalue weighted by molar-refractivity contribution is 5.90. The van der Waals surface area contributed by atoms with Gasteiger partial charge in [-0.3, -0.25) is 5.32 Å². The van der Waals surface area contributed by atoms with Crippen LogP contribution in [0.2, 0.25) is 0 Å². The molecule has 0 unspecified atom stereocenters. The lowest BCUT2D eigenvalue weighted by atomic mass is 10.2. The Kier molecular flexibility index (Phi) is 3.47. The van der Waals surface area contributed by atoms with E-state index in [2.05, 4.69) is 10.1 Å². The molecule has 1 aliphatic rings. The fourth-order valence-electron chi connectivity index (χ4n) is 1.40. The van der Waals surface area contributed by atoms with E-state index >= 15 is 0 Å². The first-order valence-electron chi connectivity index (χ1n) is 5.33. The van der Waals surface area contributed by atoms with E-state index in [0.29, 0.717) is 11.3 Å². The summed E-state index contributed by atoms with van der Waals surface area (Å²) in [4.78, 5) is 22.5. The predicted octanol–water partition coefficient (Wildman–Crippen LogP) is 2.72. The van der Waals surface area contributed by atoms with Crippen molar-refractivity contribution < 1.29 is 23.8 Å². The van der Waals surface area contributed by atoms with Gasteiger partial charge in [-0.15, -0.1) is 0 Å². The zero-order chi connectivity index (χ0) is 13.0. The molecule has 0 aliphatic carbocycles. The van der Waals surface area contributed by atoms with Crippen molar-refractivity contribution in [2.75, 3.05) is 11.9 Å². The number of amides is 1. The Bertz CT molecular complexity index is 509. The van der Waals surface area contributed by atoms with E-state index in [-0.39, 0.29) is 12.6 Å². The van der Waals surface area contributed by atoms with Gasteiger partial charge < -0.3 is 14.2 Å².